The number of hydrogen-bond donors (Lipinski definition) is 0. The maximum Gasteiger partial charge on any atom is 0.000545 e. The zero-order chi connectivity index (χ0) is 8.93. The van der Waals surface area contributed by atoms with E-state index in [1.165, 1.54) is 64.2 Å². The predicted octanol–water partition coefficient (Wildman–Crippen LogP) is 4.42. The highest BCUT2D eigenvalue weighted by molar-refractivity contribution is 5.25. The molecule has 1 radical (unpaired) electrons. The van der Waals surface area contributed by atoms with Crippen LogP contribution in [0.15, 0.2) is 11.6 Å². The molecule has 0 N–H and O–H groups in total. The van der Waals surface area contributed by atoms with Crippen molar-refractivity contribution in [2.75, 3.05) is 0 Å². The summed E-state index contributed by atoms with van der Waals surface area (Å²) in [5.41, 5.74) is 1.75. The molecule has 0 heterocycles. The van der Waals surface area contributed by atoms with Crippen molar-refractivity contribution in [2.45, 2.75) is 64.2 Å². The van der Waals surface area contributed by atoms with Gasteiger partial charge in [0.05, 0.1) is 0 Å². The minimum absolute atomic E-state index is 1.35. The van der Waals surface area contributed by atoms with Crippen molar-refractivity contribution >= 4 is 0 Å². The Kier molecular flexibility index (Phi) is 3.46. The molecule has 0 aromatic heterocycles. The molecule has 13 heavy (non-hydrogen) atoms. The molecule has 2 aliphatic carbocycles. The molecule has 0 bridgehead atoms. The third-order valence-electron chi connectivity index (χ3n) is 3.45. The minimum Gasteiger partial charge on any atom is -0.0847 e. The van der Waals surface area contributed by atoms with E-state index in [4.69, 9.17) is 0 Å². The second kappa shape index (κ2) is 4.83. The third kappa shape index (κ3) is 2.59. The molecular weight excluding hydrogens is 156 g/mol. The Balaban J connectivity index is 1.92. The average Bonchev–Trinajstić information content (AvgIpc) is 2.47. The third-order valence-corrected chi connectivity index (χ3v) is 3.45. The van der Waals surface area contributed by atoms with Crippen molar-refractivity contribution in [2.24, 2.45) is 0 Å². The highest BCUT2D eigenvalue weighted by Crippen LogP contribution is 2.35. The van der Waals surface area contributed by atoms with Gasteiger partial charge >= 0.3 is 0 Å². The predicted molar refractivity (Wildman–Crippen MR) is 57.5 cm³/mol. The largest absolute Gasteiger partial charge is 0.0847 e. The summed E-state index contributed by atoms with van der Waals surface area (Å²) in [7, 11) is 0. The standard InChI is InChI=1S/C13H21/c1-2-5-9-12(8-4-1)13-10-6-3-7-11-13/h8H,1-7,9-11H2. The summed E-state index contributed by atoms with van der Waals surface area (Å²) in [6.07, 6.45) is 16.8. The first-order valence-electron chi connectivity index (χ1n) is 6.01. The first kappa shape index (κ1) is 9.30. The van der Waals surface area contributed by atoms with Crippen LogP contribution in [0.4, 0.5) is 0 Å². The van der Waals surface area contributed by atoms with Crippen molar-refractivity contribution in [1.29, 1.82) is 0 Å². The summed E-state index contributed by atoms with van der Waals surface area (Å²) in [4.78, 5) is 0. The zero-order valence-electron chi connectivity index (χ0n) is 8.65. The summed E-state index contributed by atoms with van der Waals surface area (Å²) < 4.78 is 0. The second-order valence-electron chi connectivity index (χ2n) is 4.49. The fourth-order valence-corrected chi connectivity index (χ4v) is 2.64. The lowest BCUT2D eigenvalue weighted by Gasteiger charge is -2.23. The van der Waals surface area contributed by atoms with Crippen molar-refractivity contribution in [3.63, 3.8) is 0 Å². The molecular formula is C13H21. The molecule has 0 spiro atoms. The van der Waals surface area contributed by atoms with Gasteiger partial charge in [-0.3, -0.25) is 0 Å². The molecule has 0 heteroatoms. The fraction of sp³-hybridized carbons (Fsp3) is 0.769. The Hall–Kier alpha value is -0.260. The van der Waals surface area contributed by atoms with Crippen LogP contribution in [0.3, 0.4) is 0 Å². The van der Waals surface area contributed by atoms with E-state index in [-0.39, 0.29) is 0 Å². The molecule has 0 aromatic carbocycles. The molecule has 0 aliphatic heterocycles. The van der Waals surface area contributed by atoms with Gasteiger partial charge in [0.25, 0.3) is 0 Å². The van der Waals surface area contributed by atoms with Gasteiger partial charge in [0, 0.05) is 5.92 Å². The summed E-state index contributed by atoms with van der Waals surface area (Å²) in [5, 5.41) is 0. The summed E-state index contributed by atoms with van der Waals surface area (Å²) >= 11 is 0. The lowest BCUT2D eigenvalue weighted by atomic mass is 9.82. The van der Waals surface area contributed by atoms with E-state index in [2.05, 4.69) is 6.08 Å². The molecule has 0 saturated heterocycles. The van der Waals surface area contributed by atoms with Crippen LogP contribution >= 0.6 is 0 Å². The molecule has 2 rings (SSSR count). The van der Waals surface area contributed by atoms with Gasteiger partial charge in [0.1, 0.15) is 0 Å². The summed E-state index contributed by atoms with van der Waals surface area (Å²) in [5.74, 6) is 1.81. The van der Waals surface area contributed by atoms with Gasteiger partial charge in [-0.2, -0.15) is 0 Å². The van der Waals surface area contributed by atoms with E-state index in [0.29, 0.717) is 0 Å². The zero-order valence-corrected chi connectivity index (χ0v) is 8.65. The molecule has 0 unspecified atom stereocenters. The van der Waals surface area contributed by atoms with E-state index in [0.717, 1.165) is 0 Å². The van der Waals surface area contributed by atoms with Crippen molar-refractivity contribution in [1.82, 2.24) is 0 Å². The lowest BCUT2D eigenvalue weighted by Crippen LogP contribution is -2.06. The van der Waals surface area contributed by atoms with E-state index >= 15 is 0 Å². The van der Waals surface area contributed by atoms with E-state index in [9.17, 15) is 0 Å². The normalized spacial score (nSPS) is 26.6. The average molecular weight is 177 g/mol. The number of hydrogen-bond acceptors (Lipinski definition) is 0. The molecule has 1 fully saturated rings. The van der Waals surface area contributed by atoms with E-state index in [1.807, 2.05) is 5.92 Å². The van der Waals surface area contributed by atoms with Gasteiger partial charge < -0.3 is 0 Å². The lowest BCUT2D eigenvalue weighted by molar-refractivity contribution is 0.539. The van der Waals surface area contributed by atoms with Crippen molar-refractivity contribution < 1.29 is 0 Å². The highest BCUT2D eigenvalue weighted by atomic mass is 14.2. The van der Waals surface area contributed by atoms with Crippen LogP contribution in [0.5, 0.6) is 0 Å². The van der Waals surface area contributed by atoms with Crippen LogP contribution < -0.4 is 0 Å². The Morgan fingerprint density at radius 1 is 0.692 bits per heavy atom. The molecule has 2 aliphatic rings. The number of rotatable bonds is 1. The van der Waals surface area contributed by atoms with E-state index < -0.39 is 0 Å². The Bertz CT molecular complexity index is 172. The van der Waals surface area contributed by atoms with Crippen LogP contribution in [0, 0.1) is 5.92 Å². The number of allylic oxidation sites excluding steroid dienone is 2. The van der Waals surface area contributed by atoms with Crippen molar-refractivity contribution in [3.05, 3.63) is 17.6 Å². The smallest absolute Gasteiger partial charge is 0.000545 e. The van der Waals surface area contributed by atoms with E-state index in [1.54, 1.807) is 5.57 Å². The van der Waals surface area contributed by atoms with Gasteiger partial charge in [0.15, 0.2) is 0 Å². The monoisotopic (exact) mass is 177 g/mol. The van der Waals surface area contributed by atoms with Crippen LogP contribution in [-0.4, -0.2) is 0 Å². The minimum atomic E-state index is 1.35. The van der Waals surface area contributed by atoms with Crippen LogP contribution in [-0.2, 0) is 0 Å². The van der Waals surface area contributed by atoms with Gasteiger partial charge in [-0.25, -0.2) is 0 Å². The first-order valence-corrected chi connectivity index (χ1v) is 6.01. The Labute approximate surface area is 82.4 Å². The molecule has 1 saturated carbocycles. The first-order chi connectivity index (χ1) is 6.47. The molecule has 0 amide bonds. The highest BCUT2D eigenvalue weighted by Gasteiger charge is 2.18. The fourth-order valence-electron chi connectivity index (χ4n) is 2.64. The molecule has 73 valence electrons. The quantitative estimate of drug-likeness (QED) is 0.556. The summed E-state index contributed by atoms with van der Waals surface area (Å²) in [6, 6.07) is 0. The maximum atomic E-state index is 2.54. The van der Waals surface area contributed by atoms with Crippen LogP contribution in [0.1, 0.15) is 64.2 Å². The van der Waals surface area contributed by atoms with Crippen LogP contribution in [0.25, 0.3) is 0 Å². The van der Waals surface area contributed by atoms with Crippen LogP contribution in [0.2, 0.25) is 0 Å². The topological polar surface area (TPSA) is 0 Å². The molecule has 0 atom stereocenters. The summed E-state index contributed by atoms with van der Waals surface area (Å²) in [6.45, 7) is 0. The Morgan fingerprint density at radius 3 is 2.23 bits per heavy atom. The Morgan fingerprint density at radius 2 is 1.38 bits per heavy atom. The molecule has 0 nitrogen and oxygen atoms in total. The van der Waals surface area contributed by atoms with Gasteiger partial charge in [-0.1, -0.05) is 37.3 Å². The maximum absolute atomic E-state index is 2.54. The van der Waals surface area contributed by atoms with Gasteiger partial charge in [-0.15, -0.1) is 0 Å². The molecule has 0 aromatic rings. The SMILES string of the molecule is C1=C([C]2CCCCC2)CCCCC1. The second-order valence-corrected chi connectivity index (χ2v) is 4.49. The van der Waals surface area contributed by atoms with Gasteiger partial charge in [0.2, 0.25) is 0 Å². The van der Waals surface area contributed by atoms with Gasteiger partial charge in [-0.05, 0) is 38.5 Å². The van der Waals surface area contributed by atoms with Crippen molar-refractivity contribution in [3.8, 4) is 0 Å².